The van der Waals surface area contributed by atoms with Gasteiger partial charge < -0.3 is 15.9 Å². The number of ether oxygens (including phenoxy) is 1. The van der Waals surface area contributed by atoms with Crippen molar-refractivity contribution >= 4 is 11.5 Å². The van der Waals surface area contributed by atoms with Crippen molar-refractivity contribution in [3.8, 4) is 5.75 Å². The van der Waals surface area contributed by atoms with Crippen molar-refractivity contribution < 1.29 is 22.7 Å². The number of nitrogens with two attached hydrogens (primary N) is 1. The lowest BCUT2D eigenvalue weighted by molar-refractivity contribution is -0.274. The minimum Gasteiger partial charge on any atom is -0.405 e. The van der Waals surface area contributed by atoms with E-state index in [9.17, 15) is 18.0 Å². The summed E-state index contributed by atoms with van der Waals surface area (Å²) in [4.78, 5) is 11.9. The minimum absolute atomic E-state index is 0.0147. The number of benzene rings is 1. The van der Waals surface area contributed by atoms with Crippen LogP contribution < -0.4 is 10.5 Å². The van der Waals surface area contributed by atoms with Gasteiger partial charge >= 0.3 is 6.36 Å². The Balaban J connectivity index is 3.00. The van der Waals surface area contributed by atoms with Gasteiger partial charge in [-0.3, -0.25) is 4.79 Å². The average Bonchev–Trinajstić information content (AvgIpc) is 2.25. The van der Waals surface area contributed by atoms with Crippen LogP contribution in [0.5, 0.6) is 5.75 Å². The largest absolute Gasteiger partial charge is 0.573 e. The van der Waals surface area contributed by atoms with Gasteiger partial charge in [0.05, 0.1) is 11.3 Å². The Labute approximate surface area is 107 Å². The van der Waals surface area contributed by atoms with Crippen molar-refractivity contribution in [2.24, 2.45) is 5.73 Å². The van der Waals surface area contributed by atoms with Crippen LogP contribution in [0.25, 0.3) is 0 Å². The highest BCUT2D eigenvalue weighted by molar-refractivity contribution is 6.45. The third kappa shape index (κ3) is 4.70. The molecule has 3 N–H and O–H groups in total. The van der Waals surface area contributed by atoms with Gasteiger partial charge in [0.1, 0.15) is 5.75 Å². The van der Waals surface area contributed by atoms with E-state index in [1.54, 1.807) is 6.92 Å². The number of carbonyl (C=O) groups is 1. The molecule has 7 heteroatoms. The molecule has 1 rings (SSSR count). The highest BCUT2D eigenvalue weighted by atomic mass is 19.4. The molecule has 0 unspecified atom stereocenters. The summed E-state index contributed by atoms with van der Waals surface area (Å²) in [7, 11) is 0. The molecule has 0 heterocycles. The summed E-state index contributed by atoms with van der Waals surface area (Å²) in [6, 6.07) is 4.49. The second-order valence-electron chi connectivity index (χ2n) is 4.03. The topological polar surface area (TPSA) is 76.2 Å². The number of alkyl halides is 3. The normalized spacial score (nSPS) is 12.9. The lowest BCUT2D eigenvalue weighted by Crippen LogP contribution is -2.25. The standard InChI is InChI=1S/C12H13F3N2O2/c1-7(16)6-9(17)11(18)8-4-2-3-5-10(8)19-12(13,14)15/h2-5,7,17H,6,16H2,1H3/t7-/m1/s1. The van der Waals surface area contributed by atoms with Crippen LogP contribution in [-0.4, -0.2) is 23.9 Å². The van der Waals surface area contributed by atoms with Gasteiger partial charge in [-0.05, 0) is 19.1 Å². The molecule has 0 bridgehead atoms. The Morgan fingerprint density at radius 3 is 2.53 bits per heavy atom. The van der Waals surface area contributed by atoms with Gasteiger partial charge in [0, 0.05) is 12.5 Å². The van der Waals surface area contributed by atoms with Crippen LogP contribution in [-0.2, 0) is 0 Å². The second kappa shape index (κ2) is 5.83. The van der Waals surface area contributed by atoms with E-state index in [-0.39, 0.29) is 17.7 Å². The zero-order valence-electron chi connectivity index (χ0n) is 10.1. The van der Waals surface area contributed by atoms with Gasteiger partial charge in [-0.25, -0.2) is 0 Å². The molecule has 0 spiro atoms. The van der Waals surface area contributed by atoms with Crippen molar-refractivity contribution in [3.63, 3.8) is 0 Å². The van der Waals surface area contributed by atoms with Crippen molar-refractivity contribution in [1.82, 2.24) is 0 Å². The van der Waals surface area contributed by atoms with E-state index in [2.05, 4.69) is 4.74 Å². The molecule has 19 heavy (non-hydrogen) atoms. The van der Waals surface area contributed by atoms with Crippen LogP contribution in [0.2, 0.25) is 0 Å². The Morgan fingerprint density at radius 1 is 1.42 bits per heavy atom. The first kappa shape index (κ1) is 15.2. The van der Waals surface area contributed by atoms with Crippen LogP contribution in [0.3, 0.4) is 0 Å². The molecule has 0 amide bonds. The van der Waals surface area contributed by atoms with Gasteiger partial charge in [0.25, 0.3) is 0 Å². The number of para-hydroxylation sites is 1. The summed E-state index contributed by atoms with van der Waals surface area (Å²) in [5.74, 6) is -1.44. The highest BCUT2D eigenvalue weighted by Gasteiger charge is 2.33. The van der Waals surface area contributed by atoms with Crippen molar-refractivity contribution in [2.45, 2.75) is 25.7 Å². The first-order valence-corrected chi connectivity index (χ1v) is 5.43. The predicted molar refractivity (Wildman–Crippen MR) is 63.4 cm³/mol. The molecule has 0 saturated heterocycles. The Hall–Kier alpha value is -1.89. The summed E-state index contributed by atoms with van der Waals surface area (Å²) in [5.41, 5.74) is 4.79. The highest BCUT2D eigenvalue weighted by Crippen LogP contribution is 2.26. The van der Waals surface area contributed by atoms with E-state index in [1.807, 2.05) is 0 Å². The average molecular weight is 274 g/mol. The fraction of sp³-hybridized carbons (Fsp3) is 0.333. The number of hydrogen-bond acceptors (Lipinski definition) is 4. The molecule has 104 valence electrons. The molecule has 0 fully saturated rings. The third-order valence-electron chi connectivity index (χ3n) is 2.16. The molecule has 0 aliphatic rings. The SMILES string of the molecule is C[C@@H](N)CC(=N)C(=O)c1ccccc1OC(F)(F)F. The minimum atomic E-state index is -4.89. The Kier molecular flexibility index (Phi) is 4.66. The van der Waals surface area contributed by atoms with E-state index >= 15 is 0 Å². The molecule has 4 nitrogen and oxygen atoms in total. The van der Waals surface area contributed by atoms with Gasteiger partial charge in [0.2, 0.25) is 5.78 Å². The number of carbonyl (C=O) groups excluding carboxylic acids is 1. The lowest BCUT2D eigenvalue weighted by atomic mass is 10.0. The molecule has 0 aliphatic carbocycles. The van der Waals surface area contributed by atoms with Crippen LogP contribution >= 0.6 is 0 Å². The molecule has 0 aliphatic heterocycles. The second-order valence-corrected chi connectivity index (χ2v) is 4.03. The number of rotatable bonds is 5. The van der Waals surface area contributed by atoms with Gasteiger partial charge in [-0.1, -0.05) is 12.1 Å². The summed E-state index contributed by atoms with van der Waals surface area (Å²) in [5, 5.41) is 7.52. The van der Waals surface area contributed by atoms with Crippen LogP contribution in [0.15, 0.2) is 24.3 Å². The van der Waals surface area contributed by atoms with Crippen molar-refractivity contribution in [1.29, 1.82) is 5.41 Å². The number of Topliss-reactive ketones (excluding diaryl/α,β-unsaturated/α-hetero) is 1. The van der Waals surface area contributed by atoms with E-state index in [1.165, 1.54) is 18.2 Å². The van der Waals surface area contributed by atoms with E-state index in [0.29, 0.717) is 0 Å². The third-order valence-corrected chi connectivity index (χ3v) is 2.16. The summed E-state index contributed by atoms with van der Waals surface area (Å²) >= 11 is 0. The number of nitrogens with one attached hydrogen (secondary N) is 1. The molecule has 0 saturated carbocycles. The molecule has 1 aromatic carbocycles. The summed E-state index contributed by atoms with van der Waals surface area (Å²) in [6.45, 7) is 1.60. The predicted octanol–water partition coefficient (Wildman–Crippen LogP) is 2.52. The van der Waals surface area contributed by atoms with Crippen LogP contribution in [0.1, 0.15) is 23.7 Å². The van der Waals surface area contributed by atoms with Crippen molar-refractivity contribution in [2.75, 3.05) is 0 Å². The van der Waals surface area contributed by atoms with Crippen LogP contribution in [0, 0.1) is 5.41 Å². The lowest BCUT2D eigenvalue weighted by Gasteiger charge is -2.13. The first-order chi connectivity index (χ1) is 8.70. The maximum absolute atomic E-state index is 12.2. The van der Waals surface area contributed by atoms with E-state index < -0.39 is 23.9 Å². The zero-order chi connectivity index (χ0) is 14.6. The Morgan fingerprint density at radius 2 is 2.00 bits per heavy atom. The maximum atomic E-state index is 12.2. The Bertz CT molecular complexity index is 484. The number of ketones is 1. The summed E-state index contributed by atoms with van der Waals surface area (Å²) < 4.78 is 40.3. The monoisotopic (exact) mass is 274 g/mol. The smallest absolute Gasteiger partial charge is 0.405 e. The molecule has 0 aromatic heterocycles. The first-order valence-electron chi connectivity index (χ1n) is 5.43. The molecular weight excluding hydrogens is 261 g/mol. The van der Waals surface area contributed by atoms with Crippen LogP contribution in [0.4, 0.5) is 13.2 Å². The fourth-order valence-electron chi connectivity index (χ4n) is 1.45. The molecule has 0 radical (unpaired) electrons. The van der Waals surface area contributed by atoms with Gasteiger partial charge in [0.15, 0.2) is 0 Å². The van der Waals surface area contributed by atoms with Crippen molar-refractivity contribution in [3.05, 3.63) is 29.8 Å². The summed E-state index contributed by atoms with van der Waals surface area (Å²) in [6.07, 6.45) is -4.90. The molecule has 1 atom stereocenters. The fourth-order valence-corrected chi connectivity index (χ4v) is 1.45. The number of hydrogen-bond donors (Lipinski definition) is 2. The zero-order valence-corrected chi connectivity index (χ0v) is 10.1. The van der Waals surface area contributed by atoms with Gasteiger partial charge in [-0.2, -0.15) is 0 Å². The number of halogens is 3. The van der Waals surface area contributed by atoms with Gasteiger partial charge in [-0.15, -0.1) is 13.2 Å². The quantitative estimate of drug-likeness (QED) is 0.640. The molecular formula is C12H13F3N2O2. The molecule has 1 aromatic rings. The maximum Gasteiger partial charge on any atom is 0.573 e. The van der Waals surface area contributed by atoms with E-state index in [0.717, 1.165) is 6.07 Å². The van der Waals surface area contributed by atoms with E-state index in [4.69, 9.17) is 11.1 Å².